The molecule has 116 valence electrons. The molecule has 1 rings (SSSR count). The second kappa shape index (κ2) is 7.69. The van der Waals surface area contributed by atoms with E-state index in [9.17, 15) is 14.9 Å². The number of hydrogen-bond acceptors (Lipinski definition) is 7. The number of anilines is 1. The molecule has 1 aromatic carbocycles. The minimum absolute atomic E-state index is 0.151. The summed E-state index contributed by atoms with van der Waals surface area (Å²) in [6, 6.07) is 5.19. The van der Waals surface area contributed by atoms with E-state index in [0.29, 0.717) is 17.0 Å². The van der Waals surface area contributed by atoms with Crippen LogP contribution in [0.15, 0.2) is 23.9 Å². The van der Waals surface area contributed by atoms with Crippen molar-refractivity contribution in [3.8, 4) is 11.8 Å². The SMILES string of the molecule is COC(=O)/C=C(/Nc1c(C#N)ccc(OC)c1C)C(=O)OC. The molecule has 0 amide bonds. The third kappa shape index (κ3) is 3.76. The van der Waals surface area contributed by atoms with Gasteiger partial charge in [-0.2, -0.15) is 5.26 Å². The van der Waals surface area contributed by atoms with Crippen molar-refractivity contribution in [1.29, 1.82) is 5.26 Å². The zero-order valence-corrected chi connectivity index (χ0v) is 12.7. The van der Waals surface area contributed by atoms with E-state index in [4.69, 9.17) is 4.74 Å². The molecule has 0 saturated heterocycles. The molecule has 0 saturated carbocycles. The number of nitrogens with one attached hydrogen (secondary N) is 1. The summed E-state index contributed by atoms with van der Waals surface area (Å²) in [5.74, 6) is -0.966. The lowest BCUT2D eigenvalue weighted by atomic mass is 10.1. The predicted octanol–water partition coefficient (Wildman–Crippen LogP) is 1.52. The second-order valence-electron chi connectivity index (χ2n) is 4.12. The normalized spacial score (nSPS) is 10.4. The Balaban J connectivity index is 3.35. The Bertz CT molecular complexity index is 659. The van der Waals surface area contributed by atoms with Crippen LogP contribution in [0, 0.1) is 18.3 Å². The number of carbonyl (C=O) groups is 2. The van der Waals surface area contributed by atoms with Gasteiger partial charge >= 0.3 is 11.9 Å². The molecule has 0 atom stereocenters. The number of esters is 2. The number of benzene rings is 1. The van der Waals surface area contributed by atoms with Crippen molar-refractivity contribution in [2.45, 2.75) is 6.92 Å². The molecular formula is C15H16N2O5. The van der Waals surface area contributed by atoms with Crippen LogP contribution in [0.5, 0.6) is 5.75 Å². The summed E-state index contributed by atoms with van der Waals surface area (Å²) < 4.78 is 14.3. The number of rotatable bonds is 5. The highest BCUT2D eigenvalue weighted by molar-refractivity contribution is 5.99. The smallest absolute Gasteiger partial charge is 0.354 e. The summed E-state index contributed by atoms with van der Waals surface area (Å²) in [4.78, 5) is 23.1. The lowest BCUT2D eigenvalue weighted by molar-refractivity contribution is -0.138. The first-order valence-electron chi connectivity index (χ1n) is 6.21. The van der Waals surface area contributed by atoms with Gasteiger partial charge in [-0.05, 0) is 19.1 Å². The molecule has 0 aliphatic heterocycles. The molecule has 22 heavy (non-hydrogen) atoms. The van der Waals surface area contributed by atoms with Crippen LogP contribution < -0.4 is 10.1 Å². The van der Waals surface area contributed by atoms with Crippen LogP contribution in [0.3, 0.4) is 0 Å². The van der Waals surface area contributed by atoms with Gasteiger partial charge in [0.1, 0.15) is 17.5 Å². The van der Waals surface area contributed by atoms with E-state index < -0.39 is 11.9 Å². The summed E-state index contributed by atoms with van der Waals surface area (Å²) in [6.07, 6.45) is 0.950. The number of methoxy groups -OCH3 is 3. The van der Waals surface area contributed by atoms with E-state index in [0.717, 1.165) is 6.08 Å². The van der Waals surface area contributed by atoms with Gasteiger partial charge in [0.2, 0.25) is 0 Å². The van der Waals surface area contributed by atoms with Gasteiger partial charge in [0.05, 0.1) is 38.7 Å². The number of hydrogen-bond donors (Lipinski definition) is 1. The Kier molecular flexibility index (Phi) is 5.96. The van der Waals surface area contributed by atoms with Gasteiger partial charge in [0, 0.05) is 5.56 Å². The van der Waals surface area contributed by atoms with Crippen molar-refractivity contribution in [3.63, 3.8) is 0 Å². The van der Waals surface area contributed by atoms with Crippen LogP contribution in [0.2, 0.25) is 0 Å². The minimum Gasteiger partial charge on any atom is -0.496 e. The minimum atomic E-state index is -0.767. The Morgan fingerprint density at radius 2 is 1.91 bits per heavy atom. The van der Waals surface area contributed by atoms with E-state index in [1.165, 1.54) is 21.3 Å². The quantitative estimate of drug-likeness (QED) is 0.650. The van der Waals surface area contributed by atoms with E-state index in [1.54, 1.807) is 19.1 Å². The monoisotopic (exact) mass is 304 g/mol. The topological polar surface area (TPSA) is 97.6 Å². The maximum Gasteiger partial charge on any atom is 0.354 e. The molecule has 1 aromatic rings. The highest BCUT2D eigenvalue weighted by atomic mass is 16.5. The number of nitriles is 1. The number of nitrogens with zero attached hydrogens (tertiary/aromatic N) is 1. The van der Waals surface area contributed by atoms with Crippen molar-refractivity contribution in [3.05, 3.63) is 35.0 Å². The summed E-state index contributed by atoms with van der Waals surface area (Å²) in [6.45, 7) is 1.72. The highest BCUT2D eigenvalue weighted by Gasteiger charge is 2.17. The van der Waals surface area contributed by atoms with Crippen LogP contribution in [-0.4, -0.2) is 33.3 Å². The molecule has 0 fully saturated rings. The first-order valence-corrected chi connectivity index (χ1v) is 6.21. The first-order chi connectivity index (χ1) is 10.5. The van der Waals surface area contributed by atoms with E-state index in [1.807, 2.05) is 6.07 Å². The molecule has 7 nitrogen and oxygen atoms in total. The molecule has 0 aliphatic carbocycles. The molecule has 0 radical (unpaired) electrons. The molecule has 0 bridgehead atoms. The van der Waals surface area contributed by atoms with E-state index in [-0.39, 0.29) is 11.3 Å². The number of ether oxygens (including phenoxy) is 3. The Hall–Kier alpha value is -3.01. The second-order valence-corrected chi connectivity index (χ2v) is 4.12. The molecule has 0 unspecified atom stereocenters. The van der Waals surface area contributed by atoms with Crippen LogP contribution >= 0.6 is 0 Å². The maximum atomic E-state index is 11.8. The van der Waals surface area contributed by atoms with Crippen LogP contribution in [0.1, 0.15) is 11.1 Å². The van der Waals surface area contributed by atoms with E-state index >= 15 is 0 Å². The maximum absolute atomic E-state index is 11.8. The van der Waals surface area contributed by atoms with Gasteiger partial charge in [-0.3, -0.25) is 0 Å². The van der Waals surface area contributed by atoms with Gasteiger partial charge in [0.25, 0.3) is 0 Å². The van der Waals surface area contributed by atoms with Crippen molar-refractivity contribution in [1.82, 2.24) is 0 Å². The average molecular weight is 304 g/mol. The Labute approximate surface area is 128 Å². The molecular weight excluding hydrogens is 288 g/mol. The standard InChI is InChI=1S/C15H16N2O5/c1-9-12(20-2)6-5-10(8-16)14(9)17-11(15(19)22-4)7-13(18)21-3/h5-7,17H,1-4H3/b11-7+. The summed E-state index contributed by atoms with van der Waals surface area (Å²) in [7, 11) is 3.85. The van der Waals surface area contributed by atoms with Gasteiger partial charge in [-0.1, -0.05) is 0 Å². The zero-order chi connectivity index (χ0) is 16.7. The third-order valence-electron chi connectivity index (χ3n) is 2.88. The van der Waals surface area contributed by atoms with Gasteiger partial charge in [0.15, 0.2) is 0 Å². The average Bonchev–Trinajstić information content (AvgIpc) is 2.54. The van der Waals surface area contributed by atoms with Crippen LogP contribution in [0.25, 0.3) is 0 Å². The molecule has 0 aliphatic rings. The van der Waals surface area contributed by atoms with Crippen LogP contribution in [0.4, 0.5) is 5.69 Å². The lowest BCUT2D eigenvalue weighted by Gasteiger charge is -2.15. The zero-order valence-electron chi connectivity index (χ0n) is 12.7. The fourth-order valence-corrected chi connectivity index (χ4v) is 1.74. The molecule has 0 heterocycles. The van der Waals surface area contributed by atoms with Gasteiger partial charge in [-0.25, -0.2) is 9.59 Å². The fourth-order valence-electron chi connectivity index (χ4n) is 1.74. The summed E-state index contributed by atoms with van der Waals surface area (Å²) in [5.41, 5.74) is 1.10. The van der Waals surface area contributed by atoms with Crippen molar-refractivity contribution in [2.24, 2.45) is 0 Å². The van der Waals surface area contributed by atoms with Crippen molar-refractivity contribution in [2.75, 3.05) is 26.6 Å². The molecule has 7 heteroatoms. The number of carbonyl (C=O) groups excluding carboxylic acids is 2. The highest BCUT2D eigenvalue weighted by Crippen LogP contribution is 2.30. The van der Waals surface area contributed by atoms with Crippen LogP contribution in [-0.2, 0) is 19.1 Å². The summed E-state index contributed by atoms with van der Waals surface area (Å²) in [5, 5.41) is 11.9. The molecule has 0 aromatic heterocycles. The molecule has 0 spiro atoms. The fraction of sp³-hybridized carbons (Fsp3) is 0.267. The van der Waals surface area contributed by atoms with Crippen molar-refractivity contribution >= 4 is 17.6 Å². The lowest BCUT2D eigenvalue weighted by Crippen LogP contribution is -2.16. The third-order valence-corrected chi connectivity index (χ3v) is 2.88. The Morgan fingerprint density at radius 3 is 2.41 bits per heavy atom. The largest absolute Gasteiger partial charge is 0.496 e. The van der Waals surface area contributed by atoms with Gasteiger partial charge < -0.3 is 19.5 Å². The molecule has 1 N–H and O–H groups in total. The van der Waals surface area contributed by atoms with Crippen molar-refractivity contribution < 1.29 is 23.8 Å². The van der Waals surface area contributed by atoms with Gasteiger partial charge in [-0.15, -0.1) is 0 Å². The van der Waals surface area contributed by atoms with E-state index in [2.05, 4.69) is 14.8 Å². The first kappa shape index (κ1) is 17.0. The summed E-state index contributed by atoms with van der Waals surface area (Å²) >= 11 is 0. The predicted molar refractivity (Wildman–Crippen MR) is 78.2 cm³/mol. The Morgan fingerprint density at radius 1 is 1.23 bits per heavy atom.